The Kier molecular flexibility index (Phi) is 2.72. The number of hydrogen-bond donors (Lipinski definition) is 1. The maximum absolute atomic E-state index is 10.9. The molecule has 0 amide bonds. The molecule has 11 heavy (non-hydrogen) atoms. The minimum Gasteiger partial charge on any atom is -0.466 e. The molecule has 1 rings (SSSR count). The molecule has 0 aromatic carbocycles. The topological polar surface area (TPSA) is 42.1 Å². The summed E-state index contributed by atoms with van der Waals surface area (Å²) in [7, 11) is 0. The normalized spacial score (nSPS) is 9.55. The van der Waals surface area contributed by atoms with Crippen LogP contribution < -0.4 is 0 Å². The van der Waals surface area contributed by atoms with Gasteiger partial charge in [0.05, 0.1) is 19.2 Å². The fourth-order valence-corrected chi connectivity index (χ4v) is 0.789. The number of ether oxygens (including phenoxy) is 1. The number of H-pyrrole nitrogens is 1. The predicted octanol–water partition coefficient (Wildman–Crippen LogP) is 0.920. The molecule has 0 fully saturated rings. The number of aromatic nitrogens is 1. The molecule has 59 valence electrons. The van der Waals surface area contributed by atoms with Gasteiger partial charge in [-0.25, -0.2) is 0 Å². The zero-order chi connectivity index (χ0) is 8.10. The lowest BCUT2D eigenvalue weighted by molar-refractivity contribution is -0.142. The SMILES string of the molecule is CCOC(=O)Cc1[c][nH]cc1. The molecule has 0 spiro atoms. The van der Waals surface area contributed by atoms with Gasteiger partial charge in [-0.2, -0.15) is 0 Å². The third-order valence-corrected chi connectivity index (χ3v) is 1.24. The standard InChI is InChI=1S/C8H10NO2/c1-2-11-8(10)5-7-3-4-9-6-7/h3-4,9H,2,5H2,1H3. The Labute approximate surface area is 65.4 Å². The van der Waals surface area contributed by atoms with E-state index < -0.39 is 0 Å². The van der Waals surface area contributed by atoms with Crippen LogP contribution in [0.2, 0.25) is 0 Å². The van der Waals surface area contributed by atoms with E-state index in [0.717, 1.165) is 5.56 Å². The number of esters is 1. The van der Waals surface area contributed by atoms with Gasteiger partial charge in [-0.3, -0.25) is 4.79 Å². The third-order valence-electron chi connectivity index (χ3n) is 1.24. The largest absolute Gasteiger partial charge is 0.466 e. The van der Waals surface area contributed by atoms with Crippen LogP contribution in [0.5, 0.6) is 0 Å². The summed E-state index contributed by atoms with van der Waals surface area (Å²) in [5.74, 6) is -0.205. The Hall–Kier alpha value is -1.25. The lowest BCUT2D eigenvalue weighted by Gasteiger charge is -1.97. The molecule has 3 nitrogen and oxygen atoms in total. The van der Waals surface area contributed by atoms with Crippen molar-refractivity contribution in [3.05, 3.63) is 24.0 Å². The Morgan fingerprint density at radius 2 is 2.64 bits per heavy atom. The lowest BCUT2D eigenvalue weighted by atomic mass is 10.2. The van der Waals surface area contributed by atoms with Crippen LogP contribution in [0.1, 0.15) is 12.5 Å². The molecule has 0 saturated heterocycles. The highest BCUT2D eigenvalue weighted by Crippen LogP contribution is 1.97. The first-order valence-electron chi connectivity index (χ1n) is 3.52. The monoisotopic (exact) mass is 152 g/mol. The molecule has 0 saturated carbocycles. The van der Waals surface area contributed by atoms with Gasteiger partial charge in [-0.05, 0) is 18.6 Å². The van der Waals surface area contributed by atoms with Gasteiger partial charge in [0.15, 0.2) is 0 Å². The number of hydrogen-bond acceptors (Lipinski definition) is 2. The molecule has 0 aliphatic carbocycles. The quantitative estimate of drug-likeness (QED) is 0.654. The van der Waals surface area contributed by atoms with Gasteiger partial charge in [0.1, 0.15) is 0 Å². The molecular formula is C8H10NO2. The maximum Gasteiger partial charge on any atom is 0.310 e. The first-order valence-corrected chi connectivity index (χ1v) is 3.52. The minimum atomic E-state index is -0.205. The summed E-state index contributed by atoms with van der Waals surface area (Å²) in [5.41, 5.74) is 0.837. The van der Waals surface area contributed by atoms with Crippen LogP contribution in [0.4, 0.5) is 0 Å². The molecule has 0 aliphatic heterocycles. The highest BCUT2D eigenvalue weighted by Gasteiger charge is 2.02. The van der Waals surface area contributed by atoms with Crippen molar-refractivity contribution >= 4 is 5.97 Å². The average molecular weight is 152 g/mol. The molecule has 1 N–H and O–H groups in total. The van der Waals surface area contributed by atoms with Crippen molar-refractivity contribution in [1.82, 2.24) is 4.98 Å². The van der Waals surface area contributed by atoms with E-state index in [4.69, 9.17) is 4.74 Å². The van der Waals surface area contributed by atoms with Gasteiger partial charge in [0.2, 0.25) is 0 Å². The second-order valence-electron chi connectivity index (χ2n) is 2.11. The van der Waals surface area contributed by atoms with Crippen LogP contribution in [0.25, 0.3) is 0 Å². The van der Waals surface area contributed by atoms with Gasteiger partial charge in [0.25, 0.3) is 0 Å². The predicted molar refractivity (Wildman–Crippen MR) is 40.0 cm³/mol. The van der Waals surface area contributed by atoms with E-state index in [1.807, 2.05) is 0 Å². The Morgan fingerprint density at radius 3 is 3.18 bits per heavy atom. The fourth-order valence-electron chi connectivity index (χ4n) is 0.789. The first kappa shape index (κ1) is 7.85. The molecule has 1 aromatic rings. The molecule has 1 aromatic heterocycles. The van der Waals surface area contributed by atoms with Crippen molar-refractivity contribution in [2.75, 3.05) is 6.61 Å². The highest BCUT2D eigenvalue weighted by molar-refractivity contribution is 5.72. The van der Waals surface area contributed by atoms with Gasteiger partial charge in [-0.1, -0.05) is 0 Å². The second kappa shape index (κ2) is 3.81. The summed E-state index contributed by atoms with van der Waals surface area (Å²) in [6.45, 7) is 2.22. The number of carbonyl (C=O) groups is 1. The zero-order valence-electron chi connectivity index (χ0n) is 6.39. The number of carbonyl (C=O) groups excluding carboxylic acids is 1. The summed E-state index contributed by atoms with van der Waals surface area (Å²) >= 11 is 0. The minimum absolute atomic E-state index is 0.205. The molecule has 0 unspecified atom stereocenters. The number of nitrogens with one attached hydrogen (secondary N) is 1. The summed E-state index contributed by atoms with van der Waals surface area (Å²) in [6, 6.07) is 1.80. The molecule has 1 radical (unpaired) electrons. The van der Waals surface area contributed by atoms with Crippen molar-refractivity contribution in [2.45, 2.75) is 13.3 Å². The van der Waals surface area contributed by atoms with Crippen LogP contribution >= 0.6 is 0 Å². The highest BCUT2D eigenvalue weighted by atomic mass is 16.5. The van der Waals surface area contributed by atoms with Crippen LogP contribution in [0, 0.1) is 6.20 Å². The molecule has 0 aliphatic rings. The van der Waals surface area contributed by atoms with Gasteiger partial charge >= 0.3 is 5.97 Å². The van der Waals surface area contributed by atoms with Crippen LogP contribution in [-0.4, -0.2) is 17.6 Å². The van der Waals surface area contributed by atoms with E-state index in [1.165, 1.54) is 0 Å². The second-order valence-corrected chi connectivity index (χ2v) is 2.11. The molecule has 3 heteroatoms. The van der Waals surface area contributed by atoms with Crippen molar-refractivity contribution < 1.29 is 9.53 Å². The Bertz CT molecular complexity index is 216. The summed E-state index contributed by atoms with van der Waals surface area (Å²) in [4.78, 5) is 13.6. The van der Waals surface area contributed by atoms with Gasteiger partial charge < -0.3 is 9.72 Å². The lowest BCUT2D eigenvalue weighted by Crippen LogP contribution is -2.06. The summed E-state index contributed by atoms with van der Waals surface area (Å²) < 4.78 is 4.74. The maximum atomic E-state index is 10.9. The number of rotatable bonds is 3. The summed E-state index contributed by atoms with van der Waals surface area (Å²) in [5, 5.41) is 0. The Morgan fingerprint density at radius 1 is 1.82 bits per heavy atom. The summed E-state index contributed by atoms with van der Waals surface area (Å²) in [6.07, 6.45) is 4.83. The van der Waals surface area contributed by atoms with E-state index >= 15 is 0 Å². The van der Waals surface area contributed by atoms with Gasteiger partial charge in [0, 0.05) is 6.20 Å². The van der Waals surface area contributed by atoms with Crippen LogP contribution in [0.3, 0.4) is 0 Å². The zero-order valence-corrected chi connectivity index (χ0v) is 6.39. The van der Waals surface area contributed by atoms with Crippen molar-refractivity contribution in [3.63, 3.8) is 0 Å². The molecule has 0 atom stereocenters. The van der Waals surface area contributed by atoms with Crippen molar-refractivity contribution in [3.8, 4) is 0 Å². The van der Waals surface area contributed by atoms with E-state index in [-0.39, 0.29) is 5.97 Å². The van der Waals surface area contributed by atoms with E-state index in [9.17, 15) is 4.79 Å². The Balaban J connectivity index is 2.37. The van der Waals surface area contributed by atoms with E-state index in [0.29, 0.717) is 13.0 Å². The van der Waals surface area contributed by atoms with Gasteiger partial charge in [-0.15, -0.1) is 0 Å². The average Bonchev–Trinajstić information content (AvgIpc) is 2.40. The van der Waals surface area contributed by atoms with Crippen LogP contribution in [-0.2, 0) is 16.0 Å². The molecular weight excluding hydrogens is 142 g/mol. The molecule has 1 heterocycles. The first-order chi connectivity index (χ1) is 5.33. The van der Waals surface area contributed by atoms with Crippen LogP contribution in [0.15, 0.2) is 12.3 Å². The smallest absolute Gasteiger partial charge is 0.310 e. The van der Waals surface area contributed by atoms with Crippen molar-refractivity contribution in [2.24, 2.45) is 0 Å². The number of aromatic amines is 1. The van der Waals surface area contributed by atoms with E-state index in [1.54, 1.807) is 19.2 Å². The fraction of sp³-hybridized carbons (Fsp3) is 0.375. The molecule has 0 bridgehead atoms. The van der Waals surface area contributed by atoms with E-state index in [2.05, 4.69) is 11.2 Å². The third kappa shape index (κ3) is 2.45. The van der Waals surface area contributed by atoms with Crippen molar-refractivity contribution in [1.29, 1.82) is 0 Å².